The van der Waals surface area contributed by atoms with E-state index < -0.39 is 0 Å². The van der Waals surface area contributed by atoms with Crippen LogP contribution in [-0.4, -0.2) is 24.2 Å². The first kappa shape index (κ1) is 13.5. The normalized spacial score (nSPS) is 10.0. The predicted octanol–water partition coefficient (Wildman–Crippen LogP) is 2.22. The molecular formula is C13H20N2O2. The van der Waals surface area contributed by atoms with Crippen LogP contribution in [0.5, 0.6) is 0 Å². The molecular weight excluding hydrogens is 216 g/mol. The molecule has 4 nitrogen and oxygen atoms in total. The number of hydrogen-bond acceptors (Lipinski definition) is 3. The van der Waals surface area contributed by atoms with Gasteiger partial charge in [0.1, 0.15) is 0 Å². The molecule has 1 aromatic rings. The zero-order chi connectivity index (χ0) is 12.5. The van der Waals surface area contributed by atoms with Crippen LogP contribution >= 0.6 is 0 Å². The molecule has 0 saturated heterocycles. The van der Waals surface area contributed by atoms with E-state index >= 15 is 0 Å². The van der Waals surface area contributed by atoms with E-state index in [4.69, 9.17) is 5.11 Å². The number of aliphatic hydroxyl groups is 1. The zero-order valence-corrected chi connectivity index (χ0v) is 10.2. The fourth-order valence-corrected chi connectivity index (χ4v) is 1.56. The molecule has 0 unspecified atom stereocenters. The number of hydrogen-bond donors (Lipinski definition) is 3. The number of unbranched alkanes of at least 4 members (excludes halogenated alkanes) is 2. The highest BCUT2D eigenvalue weighted by Crippen LogP contribution is 2.15. The Balaban J connectivity index is 2.35. The maximum Gasteiger partial charge on any atom is 0.221 e. The summed E-state index contributed by atoms with van der Waals surface area (Å²) < 4.78 is 0. The van der Waals surface area contributed by atoms with E-state index in [-0.39, 0.29) is 12.5 Å². The van der Waals surface area contributed by atoms with Gasteiger partial charge in [-0.1, -0.05) is 6.07 Å². The Kier molecular flexibility index (Phi) is 6.10. The summed E-state index contributed by atoms with van der Waals surface area (Å²) >= 11 is 0. The number of carbonyl (C=O) groups excluding carboxylic acids is 1. The van der Waals surface area contributed by atoms with Gasteiger partial charge in [-0.05, 0) is 37.5 Å². The highest BCUT2D eigenvalue weighted by atomic mass is 16.2. The van der Waals surface area contributed by atoms with Crippen LogP contribution in [0.15, 0.2) is 24.3 Å². The third kappa shape index (κ3) is 5.92. The topological polar surface area (TPSA) is 61.4 Å². The molecule has 1 aromatic carbocycles. The van der Waals surface area contributed by atoms with E-state index in [0.29, 0.717) is 0 Å². The molecule has 0 aliphatic heterocycles. The van der Waals surface area contributed by atoms with Gasteiger partial charge in [0.2, 0.25) is 5.91 Å². The van der Waals surface area contributed by atoms with Crippen molar-refractivity contribution in [1.29, 1.82) is 0 Å². The maximum atomic E-state index is 10.9. The van der Waals surface area contributed by atoms with Crippen LogP contribution in [0.4, 0.5) is 11.4 Å². The number of benzene rings is 1. The lowest BCUT2D eigenvalue weighted by molar-refractivity contribution is -0.114. The van der Waals surface area contributed by atoms with E-state index in [9.17, 15) is 4.79 Å². The minimum atomic E-state index is -0.0647. The molecule has 94 valence electrons. The van der Waals surface area contributed by atoms with Crippen molar-refractivity contribution in [2.24, 2.45) is 0 Å². The van der Waals surface area contributed by atoms with E-state index in [1.54, 1.807) is 0 Å². The average Bonchev–Trinajstić information content (AvgIpc) is 2.28. The second-order valence-electron chi connectivity index (χ2n) is 3.97. The van der Waals surface area contributed by atoms with E-state index in [1.807, 2.05) is 24.3 Å². The van der Waals surface area contributed by atoms with E-state index in [0.717, 1.165) is 37.2 Å². The molecule has 0 radical (unpaired) electrons. The minimum absolute atomic E-state index is 0.0647. The van der Waals surface area contributed by atoms with Gasteiger partial charge in [0.25, 0.3) is 0 Å². The number of amides is 1. The van der Waals surface area contributed by atoms with Gasteiger partial charge in [-0.3, -0.25) is 4.79 Å². The summed E-state index contributed by atoms with van der Waals surface area (Å²) in [7, 11) is 0. The van der Waals surface area contributed by atoms with Crippen molar-refractivity contribution in [3.63, 3.8) is 0 Å². The molecule has 1 rings (SSSR count). The van der Waals surface area contributed by atoms with Crippen molar-refractivity contribution in [1.82, 2.24) is 0 Å². The van der Waals surface area contributed by atoms with Gasteiger partial charge in [-0.15, -0.1) is 0 Å². The fourth-order valence-electron chi connectivity index (χ4n) is 1.56. The number of anilines is 2. The SMILES string of the molecule is CC(=O)Nc1cccc(NCCCCCO)c1. The molecule has 1 amide bonds. The van der Waals surface area contributed by atoms with E-state index in [2.05, 4.69) is 10.6 Å². The van der Waals surface area contributed by atoms with Crippen LogP contribution in [0.1, 0.15) is 26.2 Å². The Morgan fingerprint density at radius 2 is 2.00 bits per heavy atom. The summed E-state index contributed by atoms with van der Waals surface area (Å²) in [6.07, 6.45) is 2.91. The van der Waals surface area contributed by atoms with Crippen molar-refractivity contribution < 1.29 is 9.90 Å². The molecule has 0 fully saturated rings. The van der Waals surface area contributed by atoms with Gasteiger partial charge in [0.15, 0.2) is 0 Å². The van der Waals surface area contributed by atoms with Crippen molar-refractivity contribution in [2.45, 2.75) is 26.2 Å². The molecule has 4 heteroatoms. The van der Waals surface area contributed by atoms with Gasteiger partial charge in [0, 0.05) is 31.5 Å². The average molecular weight is 236 g/mol. The monoisotopic (exact) mass is 236 g/mol. The first-order chi connectivity index (χ1) is 8.22. The Morgan fingerprint density at radius 1 is 1.24 bits per heavy atom. The lowest BCUT2D eigenvalue weighted by Gasteiger charge is -2.08. The Bertz CT molecular complexity index is 353. The van der Waals surface area contributed by atoms with Crippen LogP contribution < -0.4 is 10.6 Å². The molecule has 0 spiro atoms. The quantitative estimate of drug-likeness (QED) is 0.636. The molecule has 0 heterocycles. The smallest absolute Gasteiger partial charge is 0.221 e. The summed E-state index contributed by atoms with van der Waals surface area (Å²) in [5, 5.41) is 14.7. The Labute approximate surface area is 102 Å². The number of nitrogens with one attached hydrogen (secondary N) is 2. The molecule has 0 aliphatic rings. The summed E-state index contributed by atoms with van der Waals surface area (Å²) in [6.45, 7) is 2.64. The summed E-state index contributed by atoms with van der Waals surface area (Å²) in [4.78, 5) is 10.9. The third-order valence-corrected chi connectivity index (χ3v) is 2.35. The molecule has 0 aromatic heterocycles. The summed E-state index contributed by atoms with van der Waals surface area (Å²) in [6, 6.07) is 7.64. The van der Waals surface area contributed by atoms with Crippen LogP contribution in [-0.2, 0) is 4.79 Å². The first-order valence-electron chi connectivity index (χ1n) is 5.95. The molecule has 17 heavy (non-hydrogen) atoms. The van der Waals surface area contributed by atoms with Crippen molar-refractivity contribution in [3.8, 4) is 0 Å². The highest BCUT2D eigenvalue weighted by Gasteiger charge is 1.97. The zero-order valence-electron chi connectivity index (χ0n) is 10.2. The second-order valence-corrected chi connectivity index (χ2v) is 3.97. The third-order valence-electron chi connectivity index (χ3n) is 2.35. The van der Waals surface area contributed by atoms with Gasteiger partial charge >= 0.3 is 0 Å². The fraction of sp³-hybridized carbons (Fsp3) is 0.462. The lowest BCUT2D eigenvalue weighted by Crippen LogP contribution is -2.07. The molecule has 0 aliphatic carbocycles. The number of carbonyl (C=O) groups is 1. The minimum Gasteiger partial charge on any atom is -0.396 e. The standard InChI is InChI=1S/C13H20N2O2/c1-11(17)15-13-7-5-6-12(10-13)14-8-3-2-4-9-16/h5-7,10,14,16H,2-4,8-9H2,1H3,(H,15,17). The Hall–Kier alpha value is -1.55. The highest BCUT2D eigenvalue weighted by molar-refractivity contribution is 5.89. The number of rotatable bonds is 7. The molecule has 3 N–H and O–H groups in total. The predicted molar refractivity (Wildman–Crippen MR) is 70.2 cm³/mol. The molecule has 0 saturated carbocycles. The summed E-state index contributed by atoms with van der Waals surface area (Å²) in [5.74, 6) is -0.0647. The van der Waals surface area contributed by atoms with Crippen molar-refractivity contribution in [3.05, 3.63) is 24.3 Å². The second kappa shape index (κ2) is 7.68. The lowest BCUT2D eigenvalue weighted by atomic mass is 10.2. The largest absolute Gasteiger partial charge is 0.396 e. The van der Waals surface area contributed by atoms with Gasteiger partial charge in [-0.2, -0.15) is 0 Å². The maximum absolute atomic E-state index is 10.9. The van der Waals surface area contributed by atoms with Gasteiger partial charge in [-0.25, -0.2) is 0 Å². The molecule has 0 bridgehead atoms. The van der Waals surface area contributed by atoms with Gasteiger partial charge < -0.3 is 15.7 Å². The van der Waals surface area contributed by atoms with Crippen LogP contribution in [0.3, 0.4) is 0 Å². The van der Waals surface area contributed by atoms with Gasteiger partial charge in [0.05, 0.1) is 0 Å². The first-order valence-corrected chi connectivity index (χ1v) is 5.95. The van der Waals surface area contributed by atoms with E-state index in [1.165, 1.54) is 6.92 Å². The van der Waals surface area contributed by atoms with Crippen molar-refractivity contribution in [2.75, 3.05) is 23.8 Å². The van der Waals surface area contributed by atoms with Crippen LogP contribution in [0.2, 0.25) is 0 Å². The Morgan fingerprint density at radius 3 is 2.71 bits per heavy atom. The van der Waals surface area contributed by atoms with Crippen molar-refractivity contribution >= 4 is 17.3 Å². The van der Waals surface area contributed by atoms with Crippen LogP contribution in [0, 0.1) is 0 Å². The summed E-state index contributed by atoms with van der Waals surface area (Å²) in [5.41, 5.74) is 1.80. The molecule has 0 atom stereocenters. The number of aliphatic hydroxyl groups excluding tert-OH is 1. The van der Waals surface area contributed by atoms with Crippen LogP contribution in [0.25, 0.3) is 0 Å².